The number of unbranched alkanes of at least 4 members (excludes halogenated alkanes) is 31. The summed E-state index contributed by atoms with van der Waals surface area (Å²) < 4.78 is 16.8. The molecule has 0 saturated heterocycles. The standard InChI is InChI=1S/C50H96O6/c1-5-8-10-12-14-16-18-19-20-21-26-29-33-37-41-48(51)54-44-47(56-50(53)43-39-35-31-25-17-15-13-11-9-6-2)45-55-49(52)42-38-34-30-27-23-22-24-28-32-36-40-46(4)7-3/h46-47H,5-45H2,1-4H3/t46?,47-/m0/s1. The summed E-state index contributed by atoms with van der Waals surface area (Å²) in [5, 5.41) is 0. The van der Waals surface area contributed by atoms with E-state index in [0.717, 1.165) is 63.7 Å². The molecule has 0 radical (unpaired) electrons. The molecule has 2 atom stereocenters. The number of ether oxygens (including phenoxy) is 3. The van der Waals surface area contributed by atoms with Crippen LogP contribution >= 0.6 is 0 Å². The van der Waals surface area contributed by atoms with Crippen molar-refractivity contribution in [2.24, 2.45) is 5.92 Å². The van der Waals surface area contributed by atoms with Gasteiger partial charge in [-0.15, -0.1) is 0 Å². The van der Waals surface area contributed by atoms with Crippen LogP contribution in [0.1, 0.15) is 278 Å². The highest BCUT2D eigenvalue weighted by Gasteiger charge is 2.19. The second-order valence-electron chi connectivity index (χ2n) is 17.3. The lowest BCUT2D eigenvalue weighted by molar-refractivity contribution is -0.167. The van der Waals surface area contributed by atoms with Gasteiger partial charge in [-0.25, -0.2) is 0 Å². The molecule has 0 rings (SSSR count). The van der Waals surface area contributed by atoms with E-state index in [1.807, 2.05) is 0 Å². The summed E-state index contributed by atoms with van der Waals surface area (Å²) in [7, 11) is 0. The van der Waals surface area contributed by atoms with Crippen LogP contribution in [0.2, 0.25) is 0 Å². The number of carbonyl (C=O) groups is 3. The van der Waals surface area contributed by atoms with Crippen LogP contribution < -0.4 is 0 Å². The van der Waals surface area contributed by atoms with Crippen LogP contribution in [-0.2, 0) is 28.6 Å². The van der Waals surface area contributed by atoms with Crippen molar-refractivity contribution in [1.82, 2.24) is 0 Å². The van der Waals surface area contributed by atoms with Gasteiger partial charge in [0.05, 0.1) is 0 Å². The van der Waals surface area contributed by atoms with Gasteiger partial charge < -0.3 is 14.2 Å². The Morgan fingerprint density at radius 2 is 0.625 bits per heavy atom. The van der Waals surface area contributed by atoms with Gasteiger partial charge in [0.1, 0.15) is 13.2 Å². The minimum atomic E-state index is -0.759. The van der Waals surface area contributed by atoms with Crippen LogP contribution in [-0.4, -0.2) is 37.2 Å². The molecule has 0 bridgehead atoms. The highest BCUT2D eigenvalue weighted by Crippen LogP contribution is 2.17. The molecule has 332 valence electrons. The molecule has 6 heteroatoms. The van der Waals surface area contributed by atoms with Crippen molar-refractivity contribution in [2.75, 3.05) is 13.2 Å². The van der Waals surface area contributed by atoms with Crippen LogP contribution in [0.4, 0.5) is 0 Å². The molecule has 0 amide bonds. The Morgan fingerprint density at radius 1 is 0.357 bits per heavy atom. The van der Waals surface area contributed by atoms with Crippen molar-refractivity contribution in [1.29, 1.82) is 0 Å². The Balaban J connectivity index is 4.29. The first-order valence-electron chi connectivity index (χ1n) is 24.9. The molecule has 0 aromatic rings. The van der Waals surface area contributed by atoms with Gasteiger partial charge in [-0.3, -0.25) is 14.4 Å². The highest BCUT2D eigenvalue weighted by molar-refractivity contribution is 5.71. The molecule has 0 aliphatic carbocycles. The summed E-state index contributed by atoms with van der Waals surface area (Å²) in [6, 6.07) is 0. The fourth-order valence-electron chi connectivity index (χ4n) is 7.48. The van der Waals surface area contributed by atoms with Gasteiger partial charge in [0.2, 0.25) is 0 Å². The normalized spacial score (nSPS) is 12.4. The van der Waals surface area contributed by atoms with E-state index >= 15 is 0 Å². The summed E-state index contributed by atoms with van der Waals surface area (Å²) in [5.41, 5.74) is 0. The van der Waals surface area contributed by atoms with Crippen molar-refractivity contribution in [3.05, 3.63) is 0 Å². The zero-order valence-corrected chi connectivity index (χ0v) is 38.1. The third kappa shape index (κ3) is 42.0. The molecule has 6 nitrogen and oxygen atoms in total. The van der Waals surface area contributed by atoms with E-state index in [1.165, 1.54) is 173 Å². The van der Waals surface area contributed by atoms with E-state index in [0.29, 0.717) is 19.3 Å². The van der Waals surface area contributed by atoms with E-state index < -0.39 is 6.10 Å². The SMILES string of the molecule is CCCCCCCCCCCCCCCCC(=O)OC[C@@H](COC(=O)CCCCCCCCCCCCC(C)CC)OC(=O)CCCCCCCCCCCC. The molecule has 1 unspecified atom stereocenters. The second-order valence-corrected chi connectivity index (χ2v) is 17.3. The van der Waals surface area contributed by atoms with Crippen molar-refractivity contribution in [2.45, 2.75) is 284 Å². The lowest BCUT2D eigenvalue weighted by Crippen LogP contribution is -2.30. The van der Waals surface area contributed by atoms with Crippen LogP contribution in [0.15, 0.2) is 0 Å². The van der Waals surface area contributed by atoms with Crippen molar-refractivity contribution >= 4 is 17.9 Å². The Hall–Kier alpha value is -1.59. The maximum absolute atomic E-state index is 12.7. The van der Waals surface area contributed by atoms with E-state index in [4.69, 9.17) is 14.2 Å². The van der Waals surface area contributed by atoms with Gasteiger partial charge in [-0.1, -0.05) is 240 Å². The van der Waals surface area contributed by atoms with E-state index in [9.17, 15) is 14.4 Å². The molecule has 0 aliphatic heterocycles. The Morgan fingerprint density at radius 3 is 0.929 bits per heavy atom. The molecule has 0 N–H and O–H groups in total. The van der Waals surface area contributed by atoms with Crippen molar-refractivity contribution in [3.8, 4) is 0 Å². The molecule has 56 heavy (non-hydrogen) atoms. The summed E-state index contributed by atoms with van der Waals surface area (Å²) in [5.74, 6) is 0.0210. The molecular weight excluding hydrogens is 697 g/mol. The number of carbonyl (C=O) groups excluding carboxylic acids is 3. The monoisotopic (exact) mass is 793 g/mol. The van der Waals surface area contributed by atoms with Gasteiger partial charge in [0.15, 0.2) is 6.10 Å². The number of rotatable bonds is 45. The smallest absolute Gasteiger partial charge is 0.306 e. The maximum atomic E-state index is 12.7. The van der Waals surface area contributed by atoms with Crippen molar-refractivity contribution < 1.29 is 28.6 Å². The molecule has 0 heterocycles. The molecule has 0 aromatic carbocycles. The first-order valence-corrected chi connectivity index (χ1v) is 24.9. The summed E-state index contributed by atoms with van der Waals surface area (Å²) in [6.45, 7) is 9.03. The largest absolute Gasteiger partial charge is 0.462 e. The lowest BCUT2D eigenvalue weighted by Gasteiger charge is -2.18. The average Bonchev–Trinajstić information content (AvgIpc) is 3.19. The van der Waals surface area contributed by atoms with Gasteiger partial charge >= 0.3 is 17.9 Å². The zero-order chi connectivity index (χ0) is 41.0. The lowest BCUT2D eigenvalue weighted by atomic mass is 9.99. The molecule has 0 fully saturated rings. The fourth-order valence-corrected chi connectivity index (χ4v) is 7.48. The fraction of sp³-hybridized carbons (Fsp3) is 0.940. The third-order valence-corrected chi connectivity index (χ3v) is 11.7. The minimum absolute atomic E-state index is 0.0631. The Bertz CT molecular complexity index is 843. The molecule has 0 spiro atoms. The third-order valence-electron chi connectivity index (χ3n) is 11.7. The quantitative estimate of drug-likeness (QED) is 0.0347. The minimum Gasteiger partial charge on any atom is -0.462 e. The first-order chi connectivity index (χ1) is 27.4. The van der Waals surface area contributed by atoms with Crippen LogP contribution in [0.3, 0.4) is 0 Å². The summed E-state index contributed by atoms with van der Waals surface area (Å²) >= 11 is 0. The highest BCUT2D eigenvalue weighted by atomic mass is 16.6. The number of hydrogen-bond acceptors (Lipinski definition) is 6. The summed E-state index contributed by atoms with van der Waals surface area (Å²) in [4.78, 5) is 37.8. The molecule has 0 saturated carbocycles. The average molecular weight is 793 g/mol. The van der Waals surface area contributed by atoms with E-state index in [-0.39, 0.29) is 31.1 Å². The zero-order valence-electron chi connectivity index (χ0n) is 38.1. The molecular formula is C50H96O6. The van der Waals surface area contributed by atoms with Gasteiger partial charge in [-0.2, -0.15) is 0 Å². The predicted molar refractivity (Wildman–Crippen MR) is 238 cm³/mol. The summed E-state index contributed by atoms with van der Waals surface area (Å²) in [6.07, 6.45) is 45.0. The first kappa shape index (κ1) is 54.4. The number of hydrogen-bond donors (Lipinski definition) is 0. The molecule has 0 aliphatic rings. The second kappa shape index (κ2) is 44.5. The topological polar surface area (TPSA) is 78.9 Å². The molecule has 0 aromatic heterocycles. The Labute approximate surface area is 348 Å². The Kier molecular flexibility index (Phi) is 43.2. The number of esters is 3. The van der Waals surface area contributed by atoms with Crippen LogP contribution in [0.25, 0.3) is 0 Å². The van der Waals surface area contributed by atoms with Crippen molar-refractivity contribution in [3.63, 3.8) is 0 Å². The maximum Gasteiger partial charge on any atom is 0.306 e. The van der Waals surface area contributed by atoms with Crippen LogP contribution in [0, 0.1) is 5.92 Å². The van der Waals surface area contributed by atoms with Gasteiger partial charge in [-0.05, 0) is 25.2 Å². The van der Waals surface area contributed by atoms with Crippen LogP contribution in [0.5, 0.6) is 0 Å². The predicted octanol–water partition coefficient (Wildman–Crippen LogP) is 15.9. The van der Waals surface area contributed by atoms with Gasteiger partial charge in [0, 0.05) is 19.3 Å². The van der Waals surface area contributed by atoms with E-state index in [2.05, 4.69) is 27.7 Å². The van der Waals surface area contributed by atoms with E-state index in [1.54, 1.807) is 0 Å². The van der Waals surface area contributed by atoms with Gasteiger partial charge in [0.25, 0.3) is 0 Å².